The normalized spacial score (nSPS) is 9.96. The quantitative estimate of drug-likeness (QED) is 0.682. The molecule has 0 radical (unpaired) electrons. The Kier molecular flexibility index (Phi) is 5.06. The Bertz CT molecular complexity index is 887. The first-order valence-corrected chi connectivity index (χ1v) is 7.58. The van der Waals surface area contributed by atoms with E-state index in [2.05, 4.69) is 25.3 Å². The maximum absolute atomic E-state index is 12.2. The molecule has 0 aliphatic heterocycles. The van der Waals surface area contributed by atoms with Crippen molar-refractivity contribution >= 4 is 11.9 Å². The van der Waals surface area contributed by atoms with Gasteiger partial charge in [0.05, 0.1) is 13.4 Å². The number of aromatic nitrogens is 4. The number of hydrogen-bond donors (Lipinski definition) is 3. The number of ether oxygens (including phenoxy) is 1. The Balaban J connectivity index is 2.01. The summed E-state index contributed by atoms with van der Waals surface area (Å²) in [5.74, 6) is 0.479. The molecule has 0 saturated heterocycles. The number of carbonyl (C=O) groups is 1. The van der Waals surface area contributed by atoms with Crippen LogP contribution >= 0.6 is 0 Å². The number of aromatic amines is 2. The van der Waals surface area contributed by atoms with Crippen LogP contribution in [0.15, 0.2) is 67.4 Å². The van der Waals surface area contributed by atoms with E-state index in [4.69, 9.17) is 4.74 Å². The van der Waals surface area contributed by atoms with Crippen molar-refractivity contribution in [2.75, 3.05) is 12.4 Å². The second-order valence-electron chi connectivity index (χ2n) is 5.07. The number of anilines is 1. The van der Waals surface area contributed by atoms with Gasteiger partial charge in [-0.1, -0.05) is 30.3 Å². The van der Waals surface area contributed by atoms with Gasteiger partial charge in [0.15, 0.2) is 0 Å². The van der Waals surface area contributed by atoms with Gasteiger partial charge in [-0.25, -0.2) is 9.97 Å². The molecule has 1 aromatic carbocycles. The first-order chi connectivity index (χ1) is 12.3. The molecule has 3 N–H and O–H groups in total. The van der Waals surface area contributed by atoms with Gasteiger partial charge in [-0.15, -0.1) is 0 Å². The van der Waals surface area contributed by atoms with Crippen LogP contribution in [0.25, 0.3) is 11.1 Å². The molecule has 0 saturated carbocycles. The molecular weight excluding hydrogens is 318 g/mol. The molecule has 0 atom stereocenters. The van der Waals surface area contributed by atoms with Gasteiger partial charge in [0.25, 0.3) is 5.91 Å². The van der Waals surface area contributed by atoms with Crippen molar-refractivity contribution in [3.63, 3.8) is 0 Å². The summed E-state index contributed by atoms with van der Waals surface area (Å²) in [7, 11) is 1.57. The molecule has 0 unspecified atom stereocenters. The fourth-order valence-electron chi connectivity index (χ4n) is 2.13. The van der Waals surface area contributed by atoms with Gasteiger partial charge in [0.2, 0.25) is 5.95 Å². The molecule has 25 heavy (non-hydrogen) atoms. The summed E-state index contributed by atoms with van der Waals surface area (Å²) < 4.78 is 5.29. The average Bonchev–Trinajstić information content (AvgIpc) is 3.20. The molecule has 1 amide bonds. The topological polar surface area (TPSA) is 95.7 Å². The van der Waals surface area contributed by atoms with Crippen LogP contribution in [0.1, 0.15) is 10.5 Å². The number of amides is 1. The van der Waals surface area contributed by atoms with Crippen LogP contribution in [0.5, 0.6) is 5.75 Å². The SMILES string of the molecule is COc1ccc(-c2ccccc2)cnc(NC(=O)c2c[nH]cn2)[nH]c1. The minimum absolute atomic E-state index is 0.264. The van der Waals surface area contributed by atoms with Gasteiger partial charge in [-0.05, 0) is 17.7 Å². The summed E-state index contributed by atoms with van der Waals surface area (Å²) in [6.07, 6.45) is 6.23. The Hall–Kier alpha value is -3.61. The molecule has 7 heteroatoms. The van der Waals surface area contributed by atoms with Crippen molar-refractivity contribution in [1.29, 1.82) is 0 Å². The maximum Gasteiger partial charge on any atom is 0.278 e. The molecule has 3 aromatic rings. The van der Waals surface area contributed by atoms with Gasteiger partial charge in [0.1, 0.15) is 11.4 Å². The van der Waals surface area contributed by atoms with Crippen molar-refractivity contribution in [2.45, 2.75) is 0 Å². The molecule has 0 aliphatic rings. The summed E-state index contributed by atoms with van der Waals surface area (Å²) >= 11 is 0. The lowest BCUT2D eigenvalue weighted by molar-refractivity contribution is 0.102. The van der Waals surface area contributed by atoms with Gasteiger partial charge in [-0.3, -0.25) is 10.1 Å². The lowest BCUT2D eigenvalue weighted by Crippen LogP contribution is -2.13. The van der Waals surface area contributed by atoms with E-state index >= 15 is 0 Å². The minimum atomic E-state index is -0.373. The Labute approximate surface area is 144 Å². The molecule has 3 rings (SSSR count). The van der Waals surface area contributed by atoms with E-state index in [1.54, 1.807) is 19.5 Å². The predicted octanol–water partition coefficient (Wildman–Crippen LogP) is 3.19. The van der Waals surface area contributed by atoms with Crippen LogP contribution in [-0.4, -0.2) is 33.0 Å². The number of rotatable bonds is 4. The van der Waals surface area contributed by atoms with Gasteiger partial charge in [0, 0.05) is 24.2 Å². The van der Waals surface area contributed by atoms with Gasteiger partial charge in [-0.2, -0.15) is 0 Å². The van der Waals surface area contributed by atoms with Crippen molar-refractivity contribution in [3.05, 3.63) is 73.1 Å². The van der Waals surface area contributed by atoms with E-state index in [-0.39, 0.29) is 17.5 Å². The third-order valence-electron chi connectivity index (χ3n) is 3.42. The van der Waals surface area contributed by atoms with Crippen LogP contribution in [0, 0.1) is 0 Å². The summed E-state index contributed by atoms with van der Waals surface area (Å²) in [6, 6.07) is 13.5. The summed E-state index contributed by atoms with van der Waals surface area (Å²) in [4.78, 5) is 26.1. The fraction of sp³-hybridized carbons (Fsp3) is 0.0556. The molecule has 2 heterocycles. The zero-order valence-electron chi connectivity index (χ0n) is 13.6. The van der Waals surface area contributed by atoms with E-state index < -0.39 is 0 Å². The number of methoxy groups -OCH3 is 1. The third kappa shape index (κ3) is 4.23. The molecule has 0 bridgehead atoms. The monoisotopic (exact) mass is 335 g/mol. The van der Waals surface area contributed by atoms with Crippen molar-refractivity contribution in [2.24, 2.45) is 0 Å². The number of hydrogen-bond acceptors (Lipinski definition) is 4. The van der Waals surface area contributed by atoms with E-state index in [0.29, 0.717) is 5.75 Å². The number of imidazole rings is 1. The van der Waals surface area contributed by atoms with E-state index in [0.717, 1.165) is 11.1 Å². The van der Waals surface area contributed by atoms with Crippen LogP contribution in [0.3, 0.4) is 0 Å². The zero-order chi connectivity index (χ0) is 17.5. The number of nitrogens with one attached hydrogen (secondary N) is 3. The Morgan fingerprint density at radius 2 is 1.88 bits per heavy atom. The molecule has 0 aliphatic carbocycles. The second kappa shape index (κ2) is 7.78. The zero-order valence-corrected chi connectivity index (χ0v) is 13.6. The van der Waals surface area contributed by atoms with Crippen molar-refractivity contribution in [3.8, 4) is 16.9 Å². The minimum Gasteiger partial charge on any atom is -0.495 e. The molecule has 0 fully saturated rings. The van der Waals surface area contributed by atoms with E-state index in [9.17, 15) is 4.79 Å². The van der Waals surface area contributed by atoms with E-state index in [1.807, 2.05) is 42.5 Å². The maximum atomic E-state index is 12.2. The van der Waals surface area contributed by atoms with Crippen LogP contribution < -0.4 is 10.1 Å². The van der Waals surface area contributed by atoms with Gasteiger partial charge < -0.3 is 14.7 Å². The highest BCUT2D eigenvalue weighted by atomic mass is 16.5. The number of H-pyrrole nitrogens is 2. The first kappa shape index (κ1) is 16.3. The Morgan fingerprint density at radius 1 is 1.04 bits per heavy atom. The molecule has 0 spiro atoms. The summed E-state index contributed by atoms with van der Waals surface area (Å²) in [5.41, 5.74) is 2.14. The third-order valence-corrected chi connectivity index (χ3v) is 3.42. The van der Waals surface area contributed by atoms with Crippen LogP contribution in [0.4, 0.5) is 5.95 Å². The summed E-state index contributed by atoms with van der Waals surface area (Å²) in [5, 5.41) is 2.68. The predicted molar refractivity (Wildman–Crippen MR) is 94.7 cm³/mol. The van der Waals surface area contributed by atoms with Crippen molar-refractivity contribution < 1.29 is 9.53 Å². The highest BCUT2D eigenvalue weighted by molar-refractivity contribution is 6.01. The molecule has 2 aromatic heterocycles. The standard InChI is InChI=1S/C18H17N5O2/c1-25-15-8-7-14(13-5-3-2-4-6-13)9-20-18(21-10-15)23-17(24)16-11-19-12-22-16/h2-12H,1H3,(H,19,22)(H2,20,21,23,24). The smallest absolute Gasteiger partial charge is 0.278 e. The van der Waals surface area contributed by atoms with Crippen molar-refractivity contribution in [1.82, 2.24) is 19.9 Å². The van der Waals surface area contributed by atoms with Gasteiger partial charge >= 0.3 is 0 Å². The highest BCUT2D eigenvalue weighted by Crippen LogP contribution is 2.18. The lowest BCUT2D eigenvalue weighted by atomic mass is 10.1. The number of nitrogens with zero attached hydrogens (tertiary/aromatic N) is 2. The Morgan fingerprint density at radius 3 is 2.60 bits per heavy atom. The van der Waals surface area contributed by atoms with Crippen LogP contribution in [0.2, 0.25) is 0 Å². The molecule has 7 nitrogen and oxygen atoms in total. The van der Waals surface area contributed by atoms with Crippen LogP contribution in [-0.2, 0) is 0 Å². The lowest BCUT2D eigenvalue weighted by Gasteiger charge is -2.00. The highest BCUT2D eigenvalue weighted by Gasteiger charge is 2.08. The largest absolute Gasteiger partial charge is 0.495 e. The average molecular weight is 335 g/mol. The first-order valence-electron chi connectivity index (χ1n) is 7.58. The molecular formula is C18H17N5O2. The fourth-order valence-corrected chi connectivity index (χ4v) is 2.13. The summed E-state index contributed by atoms with van der Waals surface area (Å²) in [6.45, 7) is 0. The number of benzene rings is 1. The number of carbonyl (C=O) groups excluding carboxylic acids is 1. The molecule has 126 valence electrons. The van der Waals surface area contributed by atoms with E-state index in [1.165, 1.54) is 12.5 Å². The second-order valence-corrected chi connectivity index (χ2v) is 5.07.